The average molecular weight is 360 g/mol. The van der Waals surface area contributed by atoms with Crippen LogP contribution in [0.1, 0.15) is 10.4 Å². The first-order chi connectivity index (χ1) is 12.0. The predicted octanol–water partition coefficient (Wildman–Crippen LogP) is 1.93. The van der Waals surface area contributed by atoms with Crippen molar-refractivity contribution in [3.05, 3.63) is 53.3 Å². The third-order valence-corrected chi connectivity index (χ3v) is 4.55. The number of carbonyl (C=O) groups excluding carboxylic acids is 1. The van der Waals surface area contributed by atoms with E-state index in [0.29, 0.717) is 29.0 Å². The van der Waals surface area contributed by atoms with E-state index < -0.39 is 0 Å². The Balaban J connectivity index is 1.72. The lowest BCUT2D eigenvalue weighted by Crippen LogP contribution is -2.43. The topological polar surface area (TPSA) is 61.4 Å². The summed E-state index contributed by atoms with van der Waals surface area (Å²) in [6.07, 6.45) is 3.48. The normalized spacial score (nSPS) is 20.1. The third kappa shape index (κ3) is 4.46. The smallest absolute Gasteiger partial charge is 0.251 e. The largest absolute Gasteiger partial charge is 0.347 e. The first-order valence-corrected chi connectivity index (χ1v) is 8.64. The number of nitrogens with zero attached hydrogens (tertiary/aromatic N) is 4. The van der Waals surface area contributed by atoms with Gasteiger partial charge in [0.1, 0.15) is 0 Å². The Kier molecular flexibility index (Phi) is 5.50. The Morgan fingerprint density at radius 2 is 1.92 bits per heavy atom. The zero-order valence-corrected chi connectivity index (χ0v) is 15.1. The van der Waals surface area contributed by atoms with E-state index in [1.165, 1.54) is 0 Å². The van der Waals surface area contributed by atoms with Gasteiger partial charge in [0, 0.05) is 48.5 Å². The van der Waals surface area contributed by atoms with Gasteiger partial charge in [0.15, 0.2) is 0 Å². The summed E-state index contributed by atoms with van der Waals surface area (Å²) in [5.41, 5.74) is 0.613. The maximum absolute atomic E-state index is 12.6. The zero-order chi connectivity index (χ0) is 17.8. The fourth-order valence-corrected chi connectivity index (χ4v) is 3.29. The minimum Gasteiger partial charge on any atom is -0.347 e. The van der Waals surface area contributed by atoms with Crippen LogP contribution in [0.15, 0.2) is 42.7 Å². The molecule has 0 radical (unpaired) electrons. The highest BCUT2D eigenvalue weighted by atomic mass is 35.5. The van der Waals surface area contributed by atoms with Gasteiger partial charge in [-0.05, 0) is 44.4 Å². The van der Waals surface area contributed by atoms with E-state index in [2.05, 4.69) is 25.1 Å². The second-order valence-electron chi connectivity index (χ2n) is 6.56. The highest BCUT2D eigenvalue weighted by Gasteiger charge is 2.35. The minimum absolute atomic E-state index is 0.0365. The van der Waals surface area contributed by atoms with E-state index in [0.717, 1.165) is 13.1 Å². The van der Waals surface area contributed by atoms with Crippen LogP contribution in [0.5, 0.6) is 0 Å². The molecule has 0 bridgehead atoms. The number of hydrogen-bond acceptors (Lipinski definition) is 5. The maximum Gasteiger partial charge on any atom is 0.251 e. The number of benzene rings is 1. The van der Waals surface area contributed by atoms with Gasteiger partial charge in [-0.2, -0.15) is 0 Å². The van der Waals surface area contributed by atoms with Crippen LogP contribution in [0.4, 0.5) is 5.95 Å². The number of halogens is 1. The number of nitrogens with one attached hydrogen (secondary N) is 1. The van der Waals surface area contributed by atoms with Crippen molar-refractivity contribution in [2.45, 2.75) is 6.04 Å². The number of rotatable bonds is 5. The number of hydrogen-bond donors (Lipinski definition) is 1. The summed E-state index contributed by atoms with van der Waals surface area (Å²) in [5, 5.41) is 3.78. The summed E-state index contributed by atoms with van der Waals surface area (Å²) in [5.74, 6) is 0.922. The van der Waals surface area contributed by atoms with Crippen molar-refractivity contribution in [3.63, 3.8) is 0 Å². The summed E-state index contributed by atoms with van der Waals surface area (Å²) in [6.45, 7) is 2.39. The van der Waals surface area contributed by atoms with Crippen molar-refractivity contribution < 1.29 is 4.79 Å². The van der Waals surface area contributed by atoms with Crippen molar-refractivity contribution in [1.29, 1.82) is 0 Å². The van der Waals surface area contributed by atoms with E-state index in [9.17, 15) is 4.79 Å². The molecule has 0 unspecified atom stereocenters. The van der Waals surface area contributed by atoms with Crippen LogP contribution in [-0.2, 0) is 0 Å². The number of amides is 1. The Morgan fingerprint density at radius 1 is 1.24 bits per heavy atom. The highest BCUT2D eigenvalue weighted by Crippen LogP contribution is 2.22. The molecule has 1 aliphatic heterocycles. The molecule has 0 saturated carbocycles. The highest BCUT2D eigenvalue weighted by molar-refractivity contribution is 6.30. The molecule has 7 heteroatoms. The van der Waals surface area contributed by atoms with Gasteiger partial charge >= 0.3 is 0 Å². The predicted molar refractivity (Wildman–Crippen MR) is 99.0 cm³/mol. The lowest BCUT2D eigenvalue weighted by molar-refractivity contribution is 0.0928. The lowest BCUT2D eigenvalue weighted by Gasteiger charge is -2.22. The molecule has 0 aliphatic carbocycles. The van der Waals surface area contributed by atoms with Crippen LogP contribution >= 0.6 is 11.6 Å². The molecule has 2 atom stereocenters. The molecule has 3 rings (SSSR count). The summed E-state index contributed by atoms with van der Waals surface area (Å²) in [7, 11) is 4.08. The summed E-state index contributed by atoms with van der Waals surface area (Å²) in [6, 6.07) is 8.78. The molecule has 25 heavy (non-hydrogen) atoms. The third-order valence-electron chi connectivity index (χ3n) is 4.30. The quantitative estimate of drug-likeness (QED) is 0.883. The summed E-state index contributed by atoms with van der Waals surface area (Å²) < 4.78 is 0. The first kappa shape index (κ1) is 17.6. The molecule has 6 nitrogen and oxygen atoms in total. The van der Waals surface area contributed by atoms with Crippen molar-refractivity contribution in [2.24, 2.45) is 5.92 Å². The van der Waals surface area contributed by atoms with Gasteiger partial charge in [-0.1, -0.05) is 11.6 Å². The summed E-state index contributed by atoms with van der Waals surface area (Å²) in [4.78, 5) is 25.5. The van der Waals surface area contributed by atoms with Gasteiger partial charge in [0.25, 0.3) is 5.91 Å². The molecule has 1 aliphatic rings. The fraction of sp³-hybridized carbons (Fsp3) is 0.389. The van der Waals surface area contributed by atoms with Crippen LogP contribution in [0, 0.1) is 5.92 Å². The lowest BCUT2D eigenvalue weighted by atomic mass is 10.0. The maximum atomic E-state index is 12.6. The van der Waals surface area contributed by atoms with Gasteiger partial charge in [0.05, 0.1) is 6.04 Å². The standard InChI is InChI=1S/C18H22ClN5O/c1-23(2)10-14-11-24(18-20-8-3-9-21-18)12-16(14)22-17(25)13-4-6-15(19)7-5-13/h3-9,14,16H,10-12H2,1-2H3,(H,22,25)/t14-,16-/m1/s1. The Bertz CT molecular complexity index is 707. The molecule has 0 spiro atoms. The van der Waals surface area contributed by atoms with Crippen molar-refractivity contribution in [1.82, 2.24) is 20.2 Å². The molecule has 2 heterocycles. The van der Waals surface area contributed by atoms with E-state index in [4.69, 9.17) is 11.6 Å². The van der Waals surface area contributed by atoms with Crippen molar-refractivity contribution in [3.8, 4) is 0 Å². The van der Waals surface area contributed by atoms with E-state index >= 15 is 0 Å². The number of carbonyl (C=O) groups is 1. The molecular formula is C18H22ClN5O. The van der Waals surface area contributed by atoms with Crippen LogP contribution in [0.25, 0.3) is 0 Å². The molecule has 1 amide bonds. The zero-order valence-electron chi connectivity index (χ0n) is 14.4. The Morgan fingerprint density at radius 3 is 2.56 bits per heavy atom. The van der Waals surface area contributed by atoms with Gasteiger partial charge in [-0.3, -0.25) is 4.79 Å². The van der Waals surface area contributed by atoms with Gasteiger partial charge in [-0.25, -0.2) is 9.97 Å². The fourth-order valence-electron chi connectivity index (χ4n) is 3.16. The number of aromatic nitrogens is 2. The van der Waals surface area contributed by atoms with Crippen molar-refractivity contribution >= 4 is 23.5 Å². The molecule has 1 aromatic heterocycles. The Labute approximate surface area is 152 Å². The van der Waals surface area contributed by atoms with Crippen LogP contribution in [0.3, 0.4) is 0 Å². The van der Waals surface area contributed by atoms with Crippen LogP contribution < -0.4 is 10.2 Å². The number of anilines is 1. The molecule has 2 aromatic rings. The van der Waals surface area contributed by atoms with Crippen LogP contribution in [-0.4, -0.2) is 60.5 Å². The van der Waals surface area contributed by atoms with Gasteiger partial charge < -0.3 is 15.1 Å². The summed E-state index contributed by atoms with van der Waals surface area (Å²) >= 11 is 5.90. The molecule has 1 fully saturated rings. The molecule has 1 saturated heterocycles. The first-order valence-electron chi connectivity index (χ1n) is 8.26. The molecule has 1 N–H and O–H groups in total. The SMILES string of the molecule is CN(C)C[C@@H]1CN(c2ncccn2)C[C@H]1NC(=O)c1ccc(Cl)cc1. The molecule has 132 valence electrons. The minimum atomic E-state index is -0.0822. The second-order valence-corrected chi connectivity index (χ2v) is 7.00. The average Bonchev–Trinajstić information content (AvgIpc) is 2.98. The molecule has 1 aromatic carbocycles. The van der Waals surface area contributed by atoms with Gasteiger partial charge in [-0.15, -0.1) is 0 Å². The van der Waals surface area contributed by atoms with E-state index in [-0.39, 0.29) is 11.9 Å². The second kappa shape index (κ2) is 7.80. The molecular weight excluding hydrogens is 338 g/mol. The van der Waals surface area contributed by atoms with E-state index in [1.807, 2.05) is 14.1 Å². The van der Waals surface area contributed by atoms with Crippen LogP contribution in [0.2, 0.25) is 5.02 Å². The van der Waals surface area contributed by atoms with Gasteiger partial charge in [0.2, 0.25) is 5.95 Å². The van der Waals surface area contributed by atoms with Crippen molar-refractivity contribution in [2.75, 3.05) is 38.6 Å². The Hall–Kier alpha value is -2.18. The van der Waals surface area contributed by atoms with E-state index in [1.54, 1.807) is 42.7 Å². The monoisotopic (exact) mass is 359 g/mol.